The summed E-state index contributed by atoms with van der Waals surface area (Å²) in [5.74, 6) is -0.224. The number of pyridine rings is 1. The minimum atomic E-state index is -0.224. The van der Waals surface area contributed by atoms with Gasteiger partial charge in [0, 0.05) is 19.2 Å². The summed E-state index contributed by atoms with van der Waals surface area (Å²) in [7, 11) is 1.57. The lowest BCUT2D eigenvalue weighted by atomic mass is 10.0. The Hall–Kier alpha value is -1.39. The van der Waals surface area contributed by atoms with E-state index in [1.807, 2.05) is 6.07 Å². The summed E-state index contributed by atoms with van der Waals surface area (Å²) in [6.07, 6.45) is 3.03. The van der Waals surface area contributed by atoms with E-state index in [1.54, 1.807) is 13.1 Å². The van der Waals surface area contributed by atoms with Gasteiger partial charge in [-0.15, -0.1) is 0 Å². The topological polar surface area (TPSA) is 54.0 Å². The zero-order valence-electron chi connectivity index (χ0n) is 9.59. The van der Waals surface area contributed by atoms with E-state index in [9.17, 15) is 4.79 Å². The number of nitrogens with zero attached hydrogens (tertiary/aromatic N) is 1. The van der Waals surface area contributed by atoms with E-state index in [0.717, 1.165) is 25.1 Å². The fourth-order valence-electron chi connectivity index (χ4n) is 1.80. The number of halogens is 1. The van der Waals surface area contributed by atoms with Gasteiger partial charge in [0.1, 0.15) is 10.8 Å². The van der Waals surface area contributed by atoms with Crippen molar-refractivity contribution in [2.45, 2.75) is 6.42 Å². The molecule has 17 heavy (non-hydrogen) atoms. The van der Waals surface area contributed by atoms with Crippen molar-refractivity contribution in [1.29, 1.82) is 0 Å². The molecule has 0 unspecified atom stereocenters. The van der Waals surface area contributed by atoms with Crippen LogP contribution in [0.2, 0.25) is 5.15 Å². The van der Waals surface area contributed by atoms with Crippen LogP contribution in [-0.2, 0) is 0 Å². The van der Waals surface area contributed by atoms with Gasteiger partial charge in [0.25, 0.3) is 5.91 Å². The third-order valence-electron chi connectivity index (χ3n) is 2.72. The molecule has 90 valence electrons. The maximum atomic E-state index is 11.4. The molecule has 0 saturated heterocycles. The Kier molecular flexibility index (Phi) is 3.76. The normalized spacial score (nSPS) is 15.3. The second-order valence-corrected chi connectivity index (χ2v) is 4.16. The Morgan fingerprint density at radius 3 is 2.94 bits per heavy atom. The Morgan fingerprint density at radius 2 is 2.35 bits per heavy atom. The first kappa shape index (κ1) is 12.1. The maximum Gasteiger partial charge on any atom is 0.269 e. The second kappa shape index (κ2) is 5.29. The zero-order chi connectivity index (χ0) is 12.3. The van der Waals surface area contributed by atoms with Gasteiger partial charge >= 0.3 is 0 Å². The third-order valence-corrected chi connectivity index (χ3v) is 3.01. The molecule has 0 fully saturated rings. The largest absolute Gasteiger partial charge is 0.354 e. The van der Waals surface area contributed by atoms with E-state index < -0.39 is 0 Å². The summed E-state index contributed by atoms with van der Waals surface area (Å²) >= 11 is 6.11. The Labute approximate surface area is 105 Å². The molecule has 4 nitrogen and oxygen atoms in total. The lowest BCUT2D eigenvalue weighted by Crippen LogP contribution is -2.21. The Bertz CT molecular complexity index is 471. The highest BCUT2D eigenvalue weighted by Gasteiger charge is 2.13. The highest BCUT2D eigenvalue weighted by Crippen LogP contribution is 2.25. The van der Waals surface area contributed by atoms with E-state index in [-0.39, 0.29) is 5.91 Å². The lowest BCUT2D eigenvalue weighted by molar-refractivity contribution is 0.0958. The van der Waals surface area contributed by atoms with Gasteiger partial charge in [-0.1, -0.05) is 17.7 Å². The van der Waals surface area contributed by atoms with Gasteiger partial charge in [0.05, 0.1) is 0 Å². The van der Waals surface area contributed by atoms with E-state index in [4.69, 9.17) is 11.6 Å². The molecule has 2 N–H and O–H groups in total. The van der Waals surface area contributed by atoms with Crippen LogP contribution in [0.15, 0.2) is 18.2 Å². The van der Waals surface area contributed by atoms with E-state index in [2.05, 4.69) is 21.7 Å². The predicted octanol–water partition coefficient (Wildman–Crippen LogP) is 1.47. The van der Waals surface area contributed by atoms with Gasteiger partial charge in [-0.05, 0) is 30.7 Å². The smallest absolute Gasteiger partial charge is 0.269 e. The monoisotopic (exact) mass is 251 g/mol. The minimum absolute atomic E-state index is 0.224. The number of nitrogens with one attached hydrogen (secondary N) is 2. The first-order valence-corrected chi connectivity index (χ1v) is 5.89. The third kappa shape index (κ3) is 2.65. The van der Waals surface area contributed by atoms with Crippen LogP contribution in [0.5, 0.6) is 0 Å². The summed E-state index contributed by atoms with van der Waals surface area (Å²) in [4.78, 5) is 15.5. The number of hydrogen-bond donors (Lipinski definition) is 2. The fourth-order valence-corrected chi connectivity index (χ4v) is 2.07. The lowest BCUT2D eigenvalue weighted by Gasteiger charge is -2.15. The molecule has 1 aliphatic heterocycles. The van der Waals surface area contributed by atoms with Crippen LogP contribution < -0.4 is 10.6 Å². The number of amides is 1. The molecule has 2 heterocycles. The van der Waals surface area contributed by atoms with Gasteiger partial charge in [0.15, 0.2) is 0 Å². The summed E-state index contributed by atoms with van der Waals surface area (Å²) in [6.45, 7) is 1.79. The van der Waals surface area contributed by atoms with Crippen molar-refractivity contribution >= 4 is 23.1 Å². The average Bonchev–Trinajstić information content (AvgIpc) is 2.38. The van der Waals surface area contributed by atoms with Gasteiger partial charge in [-0.3, -0.25) is 4.79 Å². The van der Waals surface area contributed by atoms with Crippen LogP contribution >= 0.6 is 11.6 Å². The highest BCUT2D eigenvalue weighted by atomic mass is 35.5. The molecule has 1 aliphatic rings. The van der Waals surface area contributed by atoms with Crippen LogP contribution in [0.1, 0.15) is 22.5 Å². The number of carbonyl (C=O) groups excluding carboxylic acids is 1. The van der Waals surface area contributed by atoms with Crippen LogP contribution in [0.3, 0.4) is 0 Å². The SMILES string of the molecule is CNC(=O)c1ccc(C2=CCNCC2)c(Cl)n1. The first-order valence-electron chi connectivity index (χ1n) is 5.51. The number of rotatable bonds is 2. The van der Waals surface area contributed by atoms with E-state index in [0.29, 0.717) is 10.8 Å². The summed E-state index contributed by atoms with van der Waals surface area (Å²) in [5.41, 5.74) is 2.45. The molecule has 0 aromatic carbocycles. The van der Waals surface area contributed by atoms with Gasteiger partial charge in [-0.2, -0.15) is 0 Å². The van der Waals surface area contributed by atoms with Crippen LogP contribution in [0.4, 0.5) is 0 Å². The number of hydrogen-bond acceptors (Lipinski definition) is 3. The number of aromatic nitrogens is 1. The molecule has 1 aromatic heterocycles. The first-order chi connectivity index (χ1) is 8.22. The summed E-state index contributed by atoms with van der Waals surface area (Å²) in [6, 6.07) is 3.56. The molecule has 1 aromatic rings. The molecular formula is C12H14ClN3O. The summed E-state index contributed by atoms with van der Waals surface area (Å²) in [5, 5.41) is 6.15. The quantitative estimate of drug-likeness (QED) is 0.783. The molecule has 5 heteroatoms. The molecule has 2 rings (SSSR count). The van der Waals surface area contributed by atoms with Crippen molar-refractivity contribution in [1.82, 2.24) is 15.6 Å². The molecule has 0 aliphatic carbocycles. The number of carbonyl (C=O) groups is 1. The fraction of sp³-hybridized carbons (Fsp3) is 0.333. The van der Waals surface area contributed by atoms with Crippen LogP contribution in [0, 0.1) is 0 Å². The molecule has 1 amide bonds. The molecule has 0 bridgehead atoms. The van der Waals surface area contributed by atoms with Crippen molar-refractivity contribution in [3.63, 3.8) is 0 Å². The maximum absolute atomic E-state index is 11.4. The second-order valence-electron chi connectivity index (χ2n) is 3.80. The minimum Gasteiger partial charge on any atom is -0.354 e. The Morgan fingerprint density at radius 1 is 1.53 bits per heavy atom. The van der Waals surface area contributed by atoms with E-state index in [1.165, 1.54) is 5.57 Å². The van der Waals surface area contributed by atoms with Crippen molar-refractivity contribution in [3.05, 3.63) is 34.6 Å². The van der Waals surface area contributed by atoms with Crippen molar-refractivity contribution < 1.29 is 4.79 Å². The Balaban J connectivity index is 2.31. The average molecular weight is 252 g/mol. The highest BCUT2D eigenvalue weighted by molar-refractivity contribution is 6.31. The van der Waals surface area contributed by atoms with E-state index >= 15 is 0 Å². The van der Waals surface area contributed by atoms with Crippen molar-refractivity contribution in [3.8, 4) is 0 Å². The molecule has 0 radical (unpaired) electrons. The standard InChI is InChI=1S/C12H14ClN3O/c1-14-12(17)10-3-2-9(11(13)16-10)8-4-6-15-7-5-8/h2-4,15H,5-7H2,1H3,(H,14,17). The van der Waals surface area contributed by atoms with Crippen molar-refractivity contribution in [2.75, 3.05) is 20.1 Å². The molecule has 0 atom stereocenters. The van der Waals surface area contributed by atoms with Crippen LogP contribution in [0.25, 0.3) is 5.57 Å². The molecule has 0 spiro atoms. The predicted molar refractivity (Wildman–Crippen MR) is 68.1 cm³/mol. The van der Waals surface area contributed by atoms with Crippen LogP contribution in [-0.4, -0.2) is 31.0 Å². The molecular weight excluding hydrogens is 238 g/mol. The molecule has 0 saturated carbocycles. The van der Waals surface area contributed by atoms with Gasteiger partial charge in [-0.25, -0.2) is 4.98 Å². The zero-order valence-corrected chi connectivity index (χ0v) is 10.3. The van der Waals surface area contributed by atoms with Crippen molar-refractivity contribution in [2.24, 2.45) is 0 Å². The van der Waals surface area contributed by atoms with Gasteiger partial charge in [0.2, 0.25) is 0 Å². The van der Waals surface area contributed by atoms with Gasteiger partial charge < -0.3 is 10.6 Å². The summed E-state index contributed by atoms with van der Waals surface area (Å²) < 4.78 is 0.